The molecule has 3 aromatic rings. The van der Waals surface area contributed by atoms with Gasteiger partial charge >= 0.3 is 12.2 Å². The molecule has 0 unspecified atom stereocenters. The number of halogens is 5. The maximum absolute atomic E-state index is 13.6. The molecule has 2 amide bonds. The summed E-state index contributed by atoms with van der Waals surface area (Å²) in [5.41, 5.74) is 5.12. The molecule has 2 N–H and O–H groups in total. The van der Waals surface area contributed by atoms with E-state index in [1.165, 1.54) is 9.58 Å². The molecular formula is C21H20Cl2F3N6O+. The molecule has 7 nitrogen and oxygen atoms in total. The van der Waals surface area contributed by atoms with E-state index in [2.05, 4.69) is 10.1 Å². The predicted molar refractivity (Wildman–Crippen MR) is 119 cm³/mol. The Morgan fingerprint density at radius 2 is 1.85 bits per heavy atom. The van der Waals surface area contributed by atoms with Gasteiger partial charge in [0.15, 0.2) is 5.69 Å². The molecule has 4 rings (SSSR count). The predicted octanol–water partition coefficient (Wildman–Crippen LogP) is 4.49. The number of hydrogen-bond acceptors (Lipinski definition) is 3. The van der Waals surface area contributed by atoms with Crippen molar-refractivity contribution >= 4 is 35.1 Å². The Bertz CT molecular complexity index is 1170. The summed E-state index contributed by atoms with van der Waals surface area (Å²) >= 11 is 12.5. The summed E-state index contributed by atoms with van der Waals surface area (Å²) in [5.74, 6) is 0.510. The minimum atomic E-state index is -4.63. The highest BCUT2D eigenvalue weighted by Crippen LogP contribution is 2.35. The molecule has 1 aliphatic rings. The largest absolute Gasteiger partial charge is 0.435 e. The molecule has 0 bridgehead atoms. The van der Waals surface area contributed by atoms with E-state index in [1.807, 2.05) is 0 Å². The number of aromatic nitrogens is 3. The van der Waals surface area contributed by atoms with Crippen LogP contribution in [0, 0.1) is 0 Å². The van der Waals surface area contributed by atoms with Crippen LogP contribution in [0.2, 0.25) is 10.0 Å². The van der Waals surface area contributed by atoms with Crippen molar-refractivity contribution < 1.29 is 18.0 Å². The van der Waals surface area contributed by atoms with Crippen LogP contribution >= 0.6 is 23.2 Å². The van der Waals surface area contributed by atoms with Crippen molar-refractivity contribution in [3.8, 4) is 5.69 Å². The Morgan fingerprint density at radius 3 is 2.45 bits per heavy atom. The molecule has 2 aromatic heterocycles. The number of nitrogens with two attached hydrogens (primary N) is 1. The van der Waals surface area contributed by atoms with Crippen molar-refractivity contribution in [1.29, 1.82) is 0 Å². The third kappa shape index (κ3) is 4.78. The maximum Gasteiger partial charge on any atom is 0.435 e. The van der Waals surface area contributed by atoms with Crippen LogP contribution in [0.25, 0.3) is 5.69 Å². The lowest BCUT2D eigenvalue weighted by Gasteiger charge is -2.43. The number of hydrogen-bond donors (Lipinski definition) is 1. The van der Waals surface area contributed by atoms with Crippen LogP contribution in [0.15, 0.2) is 48.7 Å². The fraction of sp³-hybridized carbons (Fsp3) is 0.286. The molecule has 1 saturated heterocycles. The number of amides is 2. The van der Waals surface area contributed by atoms with E-state index in [4.69, 9.17) is 28.9 Å². The van der Waals surface area contributed by atoms with Crippen molar-refractivity contribution in [3.05, 3.63) is 70.1 Å². The molecular weight excluding hydrogens is 480 g/mol. The number of alkyl halides is 3. The Hall–Kier alpha value is -2.82. The van der Waals surface area contributed by atoms with Gasteiger partial charge < -0.3 is 10.6 Å². The molecule has 3 heterocycles. The van der Waals surface area contributed by atoms with Crippen LogP contribution in [-0.2, 0) is 12.7 Å². The van der Waals surface area contributed by atoms with Gasteiger partial charge in [0.05, 0.1) is 24.5 Å². The van der Waals surface area contributed by atoms with Gasteiger partial charge in [0, 0.05) is 11.2 Å². The highest BCUT2D eigenvalue weighted by Gasteiger charge is 2.42. The average molecular weight is 500 g/mol. The quantitative estimate of drug-likeness (QED) is 0.537. The first-order chi connectivity index (χ1) is 15.6. The fourth-order valence-corrected chi connectivity index (χ4v) is 4.54. The van der Waals surface area contributed by atoms with E-state index in [9.17, 15) is 18.0 Å². The minimum Gasteiger partial charge on any atom is -0.351 e. The second-order valence-corrected chi connectivity index (χ2v) is 8.64. The number of urea groups is 1. The first-order valence-electron chi connectivity index (χ1n) is 10.0. The van der Waals surface area contributed by atoms with E-state index in [-0.39, 0.29) is 11.0 Å². The molecule has 1 aliphatic heterocycles. The van der Waals surface area contributed by atoms with Gasteiger partial charge in [0.2, 0.25) is 5.82 Å². The lowest BCUT2D eigenvalue weighted by atomic mass is 10.2. The third-order valence-electron chi connectivity index (χ3n) is 5.69. The standard InChI is InChI=1S/C21H19Cl2F3N6O/c22-14-3-1-4-15(11-14)31-16(12-18(29-31)21(24,25)26)13-32(19-17(23)5-2-6-28-19)9-7-30(8-10-32)20(27)33/h1-6,11-12H,7-10,13H2,(H-,27,33)/p+1. The summed E-state index contributed by atoms with van der Waals surface area (Å²) in [6, 6.07) is 10.3. The van der Waals surface area contributed by atoms with Crippen LogP contribution in [0.1, 0.15) is 11.4 Å². The van der Waals surface area contributed by atoms with Gasteiger partial charge in [-0.15, -0.1) is 0 Å². The molecule has 1 fully saturated rings. The van der Waals surface area contributed by atoms with E-state index in [0.717, 1.165) is 6.07 Å². The molecule has 0 saturated carbocycles. The number of primary amides is 1. The SMILES string of the molecule is NC(=O)N1CC[N+](Cc2cc(C(F)(F)F)nn2-c2cccc(Cl)c2)(c2ncccc2Cl)CC1. The van der Waals surface area contributed by atoms with E-state index in [1.54, 1.807) is 42.6 Å². The van der Waals surface area contributed by atoms with Gasteiger partial charge in [-0.2, -0.15) is 18.3 Å². The van der Waals surface area contributed by atoms with Crippen molar-refractivity contribution in [1.82, 2.24) is 24.1 Å². The van der Waals surface area contributed by atoms with Crippen molar-refractivity contribution in [2.24, 2.45) is 5.73 Å². The number of pyridine rings is 1. The van der Waals surface area contributed by atoms with Gasteiger partial charge in [-0.25, -0.2) is 14.5 Å². The van der Waals surface area contributed by atoms with E-state index in [0.29, 0.717) is 53.4 Å². The molecule has 174 valence electrons. The summed E-state index contributed by atoms with van der Waals surface area (Å²) in [6.07, 6.45) is -3.05. The lowest BCUT2D eigenvalue weighted by molar-refractivity contribution is -0.141. The Balaban J connectivity index is 1.82. The molecule has 33 heavy (non-hydrogen) atoms. The zero-order chi connectivity index (χ0) is 23.8. The van der Waals surface area contributed by atoms with E-state index < -0.39 is 17.9 Å². The van der Waals surface area contributed by atoms with Gasteiger partial charge in [-0.05, 0) is 36.4 Å². The second-order valence-electron chi connectivity index (χ2n) is 7.79. The zero-order valence-corrected chi connectivity index (χ0v) is 18.8. The highest BCUT2D eigenvalue weighted by molar-refractivity contribution is 6.32. The summed E-state index contributed by atoms with van der Waals surface area (Å²) in [6.45, 7) is 1.45. The van der Waals surface area contributed by atoms with Crippen molar-refractivity contribution in [2.75, 3.05) is 26.2 Å². The number of carbonyl (C=O) groups excluding carboxylic acids is 1. The normalized spacial score (nSPS) is 16.1. The average Bonchev–Trinajstić information content (AvgIpc) is 3.18. The van der Waals surface area contributed by atoms with Crippen molar-refractivity contribution in [2.45, 2.75) is 12.7 Å². The van der Waals surface area contributed by atoms with Gasteiger partial charge in [0.1, 0.15) is 24.7 Å². The maximum atomic E-state index is 13.6. The first-order valence-corrected chi connectivity index (χ1v) is 10.8. The number of nitrogens with zero attached hydrogens (tertiary/aromatic N) is 5. The topological polar surface area (TPSA) is 77.0 Å². The Kier molecular flexibility index (Phi) is 6.26. The lowest BCUT2D eigenvalue weighted by Crippen LogP contribution is -2.62. The summed E-state index contributed by atoms with van der Waals surface area (Å²) in [7, 11) is 0. The minimum absolute atomic E-state index is 0.110. The van der Waals surface area contributed by atoms with Crippen LogP contribution in [0.3, 0.4) is 0 Å². The molecule has 0 aliphatic carbocycles. The second kappa shape index (κ2) is 8.85. The zero-order valence-electron chi connectivity index (χ0n) is 17.3. The summed E-state index contributed by atoms with van der Waals surface area (Å²) in [5, 5.41) is 4.59. The van der Waals surface area contributed by atoms with Gasteiger partial charge in [-0.1, -0.05) is 29.3 Å². The van der Waals surface area contributed by atoms with Crippen LogP contribution < -0.4 is 10.2 Å². The third-order valence-corrected chi connectivity index (χ3v) is 6.22. The molecule has 12 heteroatoms. The fourth-order valence-electron chi connectivity index (χ4n) is 4.05. The molecule has 0 atom stereocenters. The van der Waals surface area contributed by atoms with Crippen LogP contribution in [0.4, 0.5) is 23.8 Å². The molecule has 1 aromatic carbocycles. The number of carbonyl (C=O) groups is 1. The molecule has 0 spiro atoms. The Morgan fingerprint density at radius 1 is 1.12 bits per heavy atom. The number of quaternary nitrogens is 1. The Labute approximate surface area is 197 Å². The summed E-state index contributed by atoms with van der Waals surface area (Å²) < 4.78 is 42.1. The van der Waals surface area contributed by atoms with Crippen LogP contribution in [0.5, 0.6) is 0 Å². The van der Waals surface area contributed by atoms with Gasteiger partial charge in [-0.3, -0.25) is 4.48 Å². The monoisotopic (exact) mass is 499 g/mol. The highest BCUT2D eigenvalue weighted by atomic mass is 35.5. The first kappa shape index (κ1) is 23.3. The number of benzene rings is 1. The summed E-state index contributed by atoms with van der Waals surface area (Å²) in [4.78, 5) is 17.6. The van der Waals surface area contributed by atoms with Crippen molar-refractivity contribution in [3.63, 3.8) is 0 Å². The number of piperazine rings is 1. The number of rotatable bonds is 4. The van der Waals surface area contributed by atoms with Crippen LogP contribution in [-0.4, -0.2) is 51.9 Å². The van der Waals surface area contributed by atoms with Gasteiger partial charge in [0.25, 0.3) is 0 Å². The molecule has 0 radical (unpaired) electrons. The van der Waals surface area contributed by atoms with E-state index >= 15 is 0 Å². The smallest absolute Gasteiger partial charge is 0.351 e.